The molecule has 1 heterocycles. The third-order valence-electron chi connectivity index (χ3n) is 2.57. The molecule has 1 aromatic heterocycles. The molecular formula is C10H17N3S. The smallest absolute Gasteiger partial charge is 0.139 e. The maximum absolute atomic E-state index is 5.64. The highest BCUT2D eigenvalue weighted by Crippen LogP contribution is 2.34. The zero-order chi connectivity index (χ0) is 10.1. The topological polar surface area (TPSA) is 42.1 Å². The first-order valence-corrected chi connectivity index (χ1v) is 5.93. The molecule has 0 atom stereocenters. The SMILES string of the molecule is CC(C)N(CC1CC1)c1cc(N)ns1. The normalized spacial score (nSPS) is 16.2. The second-order valence-electron chi connectivity index (χ2n) is 4.28. The highest BCUT2D eigenvalue weighted by molar-refractivity contribution is 7.10. The first-order valence-electron chi connectivity index (χ1n) is 5.15. The van der Waals surface area contributed by atoms with Gasteiger partial charge in [-0.05, 0) is 44.1 Å². The lowest BCUT2D eigenvalue weighted by Crippen LogP contribution is -2.31. The molecule has 1 aromatic rings. The molecule has 1 fully saturated rings. The van der Waals surface area contributed by atoms with E-state index in [9.17, 15) is 0 Å². The Labute approximate surface area is 89.1 Å². The van der Waals surface area contributed by atoms with Gasteiger partial charge in [-0.2, -0.15) is 4.37 Å². The maximum Gasteiger partial charge on any atom is 0.139 e. The van der Waals surface area contributed by atoms with Crippen molar-refractivity contribution in [2.24, 2.45) is 5.92 Å². The van der Waals surface area contributed by atoms with E-state index in [1.54, 1.807) is 0 Å². The van der Waals surface area contributed by atoms with Crippen LogP contribution < -0.4 is 10.6 Å². The van der Waals surface area contributed by atoms with Crippen molar-refractivity contribution in [1.29, 1.82) is 0 Å². The first-order chi connectivity index (χ1) is 6.66. The molecule has 14 heavy (non-hydrogen) atoms. The van der Waals surface area contributed by atoms with Gasteiger partial charge in [-0.3, -0.25) is 0 Å². The third kappa shape index (κ3) is 2.18. The largest absolute Gasteiger partial charge is 0.383 e. The van der Waals surface area contributed by atoms with Crippen LogP contribution in [0.25, 0.3) is 0 Å². The molecule has 0 aromatic carbocycles. The molecule has 1 saturated carbocycles. The average molecular weight is 211 g/mol. The van der Waals surface area contributed by atoms with Crippen molar-refractivity contribution in [1.82, 2.24) is 4.37 Å². The second-order valence-corrected chi connectivity index (χ2v) is 5.06. The van der Waals surface area contributed by atoms with E-state index in [1.165, 1.54) is 35.9 Å². The molecule has 0 saturated heterocycles. The first kappa shape index (κ1) is 9.77. The van der Waals surface area contributed by atoms with Gasteiger partial charge >= 0.3 is 0 Å². The second kappa shape index (κ2) is 3.77. The molecule has 1 aliphatic rings. The summed E-state index contributed by atoms with van der Waals surface area (Å²) in [7, 11) is 0. The Hall–Kier alpha value is -0.770. The highest BCUT2D eigenvalue weighted by atomic mass is 32.1. The van der Waals surface area contributed by atoms with Gasteiger partial charge in [0.2, 0.25) is 0 Å². The van der Waals surface area contributed by atoms with Crippen LogP contribution in [0.2, 0.25) is 0 Å². The third-order valence-corrected chi connectivity index (χ3v) is 3.42. The number of aromatic nitrogens is 1. The number of nitrogens with zero attached hydrogens (tertiary/aromatic N) is 2. The molecule has 0 unspecified atom stereocenters. The number of anilines is 2. The van der Waals surface area contributed by atoms with E-state index in [0.29, 0.717) is 11.9 Å². The van der Waals surface area contributed by atoms with Crippen molar-refractivity contribution in [3.8, 4) is 0 Å². The fraction of sp³-hybridized carbons (Fsp3) is 0.700. The Balaban J connectivity index is 2.08. The summed E-state index contributed by atoms with van der Waals surface area (Å²) in [6, 6.07) is 2.52. The summed E-state index contributed by atoms with van der Waals surface area (Å²) in [5, 5.41) is 1.21. The van der Waals surface area contributed by atoms with E-state index < -0.39 is 0 Å². The van der Waals surface area contributed by atoms with E-state index in [1.807, 2.05) is 6.07 Å². The Morgan fingerprint density at radius 2 is 2.36 bits per heavy atom. The summed E-state index contributed by atoms with van der Waals surface area (Å²) in [4.78, 5) is 2.41. The van der Waals surface area contributed by atoms with Gasteiger partial charge in [0.1, 0.15) is 10.8 Å². The van der Waals surface area contributed by atoms with E-state index in [-0.39, 0.29) is 0 Å². The summed E-state index contributed by atoms with van der Waals surface area (Å²) < 4.78 is 4.13. The number of rotatable bonds is 4. The predicted octanol–water partition coefficient (Wildman–Crippen LogP) is 2.35. The molecule has 1 aliphatic carbocycles. The Morgan fingerprint density at radius 3 is 2.79 bits per heavy atom. The van der Waals surface area contributed by atoms with Crippen molar-refractivity contribution in [3.63, 3.8) is 0 Å². The van der Waals surface area contributed by atoms with Crippen LogP contribution in [0.3, 0.4) is 0 Å². The van der Waals surface area contributed by atoms with Crippen LogP contribution in [0.15, 0.2) is 6.07 Å². The van der Waals surface area contributed by atoms with Crippen molar-refractivity contribution in [3.05, 3.63) is 6.07 Å². The molecule has 78 valence electrons. The quantitative estimate of drug-likeness (QED) is 0.831. The molecule has 0 aliphatic heterocycles. The molecule has 0 radical (unpaired) electrons. The standard InChI is InChI=1S/C10H17N3S/c1-7(2)13(6-8-3-4-8)10-5-9(11)12-14-10/h5,7-8H,3-4,6H2,1-2H3,(H2,11,12). The number of hydrogen-bond donors (Lipinski definition) is 1. The fourth-order valence-corrected chi connectivity index (χ4v) is 2.36. The van der Waals surface area contributed by atoms with Gasteiger partial charge < -0.3 is 10.6 Å². The summed E-state index contributed by atoms with van der Waals surface area (Å²) in [5.74, 6) is 1.55. The molecular weight excluding hydrogens is 194 g/mol. The zero-order valence-electron chi connectivity index (χ0n) is 8.73. The molecule has 0 spiro atoms. The van der Waals surface area contributed by atoms with Crippen LogP contribution >= 0.6 is 11.5 Å². The van der Waals surface area contributed by atoms with Gasteiger partial charge in [0.25, 0.3) is 0 Å². The lowest BCUT2D eigenvalue weighted by atomic mass is 10.3. The van der Waals surface area contributed by atoms with Crippen LogP contribution in [0.4, 0.5) is 10.8 Å². The van der Waals surface area contributed by atoms with Gasteiger partial charge in [-0.25, -0.2) is 0 Å². The molecule has 4 heteroatoms. The molecule has 2 N–H and O–H groups in total. The van der Waals surface area contributed by atoms with E-state index >= 15 is 0 Å². The number of nitrogens with two attached hydrogens (primary N) is 1. The van der Waals surface area contributed by atoms with Crippen molar-refractivity contribution in [2.75, 3.05) is 17.2 Å². The van der Waals surface area contributed by atoms with Gasteiger partial charge in [-0.15, -0.1) is 0 Å². The van der Waals surface area contributed by atoms with Crippen molar-refractivity contribution >= 4 is 22.4 Å². The average Bonchev–Trinajstić information content (AvgIpc) is 2.84. The summed E-state index contributed by atoms with van der Waals surface area (Å²) in [6.45, 7) is 5.61. The lowest BCUT2D eigenvalue weighted by molar-refractivity contribution is 0.649. The van der Waals surface area contributed by atoms with Gasteiger partial charge in [-0.1, -0.05) is 0 Å². The van der Waals surface area contributed by atoms with Crippen LogP contribution in [0, 0.1) is 5.92 Å². The summed E-state index contributed by atoms with van der Waals surface area (Å²) in [6.07, 6.45) is 2.77. The Morgan fingerprint density at radius 1 is 1.64 bits per heavy atom. The predicted molar refractivity (Wildman–Crippen MR) is 61.7 cm³/mol. The highest BCUT2D eigenvalue weighted by Gasteiger charge is 2.26. The van der Waals surface area contributed by atoms with Gasteiger partial charge in [0.15, 0.2) is 0 Å². The van der Waals surface area contributed by atoms with Gasteiger partial charge in [0.05, 0.1) is 0 Å². The van der Waals surface area contributed by atoms with Gasteiger partial charge in [0, 0.05) is 18.7 Å². The van der Waals surface area contributed by atoms with E-state index in [4.69, 9.17) is 5.73 Å². The van der Waals surface area contributed by atoms with Crippen LogP contribution in [-0.2, 0) is 0 Å². The molecule has 2 rings (SSSR count). The molecule has 3 nitrogen and oxygen atoms in total. The monoisotopic (exact) mass is 211 g/mol. The molecule has 0 amide bonds. The Bertz CT molecular complexity index is 304. The molecule has 0 bridgehead atoms. The minimum Gasteiger partial charge on any atom is -0.383 e. The van der Waals surface area contributed by atoms with Crippen LogP contribution in [-0.4, -0.2) is 17.0 Å². The van der Waals surface area contributed by atoms with Crippen LogP contribution in [0.5, 0.6) is 0 Å². The number of nitrogen functional groups attached to an aromatic ring is 1. The van der Waals surface area contributed by atoms with E-state index in [0.717, 1.165) is 5.92 Å². The van der Waals surface area contributed by atoms with Crippen LogP contribution in [0.1, 0.15) is 26.7 Å². The zero-order valence-corrected chi connectivity index (χ0v) is 9.55. The fourth-order valence-electron chi connectivity index (χ4n) is 1.55. The lowest BCUT2D eigenvalue weighted by Gasteiger charge is -2.26. The summed E-state index contributed by atoms with van der Waals surface area (Å²) in [5.41, 5.74) is 5.64. The van der Waals surface area contributed by atoms with E-state index in [2.05, 4.69) is 23.1 Å². The minimum absolute atomic E-state index is 0.537. The summed E-state index contributed by atoms with van der Waals surface area (Å²) >= 11 is 1.51. The minimum atomic E-state index is 0.537. The van der Waals surface area contributed by atoms with Crippen molar-refractivity contribution in [2.45, 2.75) is 32.7 Å². The maximum atomic E-state index is 5.64. The Kier molecular flexibility index (Phi) is 2.63. The van der Waals surface area contributed by atoms with Crippen molar-refractivity contribution < 1.29 is 0 Å². The number of hydrogen-bond acceptors (Lipinski definition) is 4.